The molecule has 0 saturated heterocycles. The Morgan fingerprint density at radius 1 is 0.704 bits per heavy atom. The third-order valence-corrected chi connectivity index (χ3v) is 7.05. The second kappa shape index (κ2) is 9.59. The molecule has 0 unspecified atom stereocenters. The molecule has 0 saturated carbocycles. The van der Waals surface area contributed by atoms with Crippen LogP contribution in [0.2, 0.25) is 0 Å². The Morgan fingerprint density at radius 3 is 1.19 bits per heavy atom. The Labute approximate surface area is 161 Å². The molecule has 27 heavy (non-hydrogen) atoms. The Balaban J connectivity index is 3.54. The molecule has 0 aliphatic rings. The number of rotatable bonds is 10. The molecule has 9 nitrogen and oxygen atoms in total. The van der Waals surface area contributed by atoms with Gasteiger partial charge in [0, 0.05) is 6.07 Å². The van der Waals surface area contributed by atoms with Crippen molar-refractivity contribution in [3.8, 4) is 0 Å². The third-order valence-electron chi connectivity index (χ3n) is 2.68. The first-order chi connectivity index (χ1) is 12.3. The van der Waals surface area contributed by atoms with Gasteiger partial charge in [0.2, 0.25) is 5.95 Å². The number of hydrogen-bond acceptors (Lipinski definition) is 9. The van der Waals surface area contributed by atoms with Gasteiger partial charge in [-0.15, -0.1) is 0 Å². The molecule has 1 aromatic heterocycles. The fourth-order valence-electron chi connectivity index (χ4n) is 2.10. The Bertz CT molecular complexity index is 640. The summed E-state index contributed by atoms with van der Waals surface area (Å²) in [7, 11) is -7.68. The molecule has 0 radical (unpaired) electrons. The zero-order chi connectivity index (χ0) is 21.0. The van der Waals surface area contributed by atoms with Crippen LogP contribution in [0.4, 0.5) is 5.95 Å². The maximum absolute atomic E-state index is 13.3. The van der Waals surface area contributed by atoms with Gasteiger partial charge < -0.3 is 23.8 Å². The van der Waals surface area contributed by atoms with E-state index in [1.54, 1.807) is 55.4 Å². The van der Waals surface area contributed by atoms with E-state index in [1.807, 2.05) is 0 Å². The van der Waals surface area contributed by atoms with Gasteiger partial charge in [-0.1, -0.05) is 0 Å². The highest BCUT2D eigenvalue weighted by Crippen LogP contribution is 2.51. The maximum atomic E-state index is 13.3. The fourth-order valence-corrected chi connectivity index (χ4v) is 5.96. The Hall–Kier alpha value is -0.820. The van der Waals surface area contributed by atoms with Gasteiger partial charge in [0.15, 0.2) is 10.9 Å². The number of anilines is 1. The zero-order valence-corrected chi connectivity index (χ0v) is 19.0. The lowest BCUT2D eigenvalue weighted by molar-refractivity contribution is 0.149. The van der Waals surface area contributed by atoms with E-state index in [0.29, 0.717) is 0 Å². The minimum absolute atomic E-state index is 0.0904. The summed E-state index contributed by atoms with van der Waals surface area (Å²) in [6, 6.07) is 1.26. The minimum Gasteiger partial charge on any atom is -0.368 e. The number of nitrogens with zero attached hydrogens (tertiary/aromatic N) is 2. The van der Waals surface area contributed by atoms with Crippen LogP contribution in [0.1, 0.15) is 55.4 Å². The van der Waals surface area contributed by atoms with Crippen LogP contribution in [0, 0.1) is 0 Å². The first kappa shape index (κ1) is 24.2. The molecule has 0 aliphatic heterocycles. The van der Waals surface area contributed by atoms with Crippen LogP contribution < -0.4 is 16.6 Å². The quantitative estimate of drug-likeness (QED) is 0.564. The molecule has 0 bridgehead atoms. The second-order valence-electron chi connectivity index (χ2n) is 7.05. The highest BCUT2D eigenvalue weighted by molar-refractivity contribution is 7.63. The predicted molar refractivity (Wildman–Crippen MR) is 106 cm³/mol. The molecular formula is C16H31N3O6P2. The summed E-state index contributed by atoms with van der Waals surface area (Å²) in [6.45, 7) is 13.7. The number of aromatic nitrogens is 2. The lowest BCUT2D eigenvalue weighted by atomic mass is 10.5. The van der Waals surface area contributed by atoms with Crippen LogP contribution in [-0.4, -0.2) is 34.4 Å². The molecule has 1 heterocycles. The van der Waals surface area contributed by atoms with Gasteiger partial charge in [0.05, 0.1) is 24.4 Å². The Morgan fingerprint density at radius 2 is 0.963 bits per heavy atom. The van der Waals surface area contributed by atoms with Crippen LogP contribution in [0.15, 0.2) is 6.07 Å². The monoisotopic (exact) mass is 423 g/mol. The van der Waals surface area contributed by atoms with E-state index < -0.39 is 39.6 Å². The van der Waals surface area contributed by atoms with Crippen molar-refractivity contribution in [2.75, 3.05) is 5.73 Å². The molecule has 11 heteroatoms. The lowest BCUT2D eigenvalue weighted by Gasteiger charge is -2.25. The molecule has 1 rings (SSSR count). The van der Waals surface area contributed by atoms with Gasteiger partial charge in [0.25, 0.3) is 0 Å². The van der Waals surface area contributed by atoms with Crippen molar-refractivity contribution in [2.24, 2.45) is 0 Å². The number of nitrogens with two attached hydrogens (primary N) is 1. The van der Waals surface area contributed by atoms with Crippen molar-refractivity contribution in [3.05, 3.63) is 6.07 Å². The van der Waals surface area contributed by atoms with E-state index in [-0.39, 0.29) is 16.8 Å². The molecule has 156 valence electrons. The number of hydrogen-bond donors (Lipinski definition) is 1. The Kier molecular flexibility index (Phi) is 8.60. The van der Waals surface area contributed by atoms with E-state index in [2.05, 4.69) is 9.97 Å². The molecule has 2 N–H and O–H groups in total. The largest absolute Gasteiger partial charge is 0.380 e. The van der Waals surface area contributed by atoms with Gasteiger partial charge in [-0.25, -0.2) is 9.97 Å². The summed E-state index contributed by atoms with van der Waals surface area (Å²) in [5, 5.41) is 0. The first-order valence-corrected chi connectivity index (χ1v) is 12.0. The molecule has 0 amide bonds. The van der Waals surface area contributed by atoms with Gasteiger partial charge in [-0.3, -0.25) is 9.13 Å². The molecule has 0 aromatic carbocycles. The van der Waals surface area contributed by atoms with Crippen molar-refractivity contribution < 1.29 is 27.2 Å². The van der Waals surface area contributed by atoms with Gasteiger partial charge in [-0.05, 0) is 55.4 Å². The van der Waals surface area contributed by atoms with Crippen LogP contribution in [0.5, 0.6) is 0 Å². The van der Waals surface area contributed by atoms with Gasteiger partial charge in [-0.2, -0.15) is 0 Å². The average molecular weight is 423 g/mol. The van der Waals surface area contributed by atoms with Crippen molar-refractivity contribution >= 4 is 32.0 Å². The summed E-state index contributed by atoms with van der Waals surface area (Å²) in [4.78, 5) is 8.01. The van der Waals surface area contributed by atoms with Crippen LogP contribution in [0.3, 0.4) is 0 Å². The van der Waals surface area contributed by atoms with Crippen LogP contribution in [0.25, 0.3) is 0 Å². The van der Waals surface area contributed by atoms with Crippen molar-refractivity contribution in [1.29, 1.82) is 0 Å². The maximum Gasteiger partial charge on any atom is 0.380 e. The molecule has 0 atom stereocenters. The summed E-state index contributed by atoms with van der Waals surface area (Å²) in [5.41, 5.74) is 5.61. The van der Waals surface area contributed by atoms with E-state index in [9.17, 15) is 9.13 Å². The van der Waals surface area contributed by atoms with Crippen molar-refractivity contribution in [1.82, 2.24) is 9.97 Å². The second-order valence-corrected chi connectivity index (χ2v) is 10.8. The molecule has 0 aliphatic carbocycles. The summed E-state index contributed by atoms with van der Waals surface area (Å²) >= 11 is 0. The van der Waals surface area contributed by atoms with Gasteiger partial charge >= 0.3 is 15.2 Å². The van der Waals surface area contributed by atoms with Crippen molar-refractivity contribution in [3.63, 3.8) is 0 Å². The molecule has 1 aromatic rings. The topological polar surface area (TPSA) is 123 Å². The highest BCUT2D eigenvalue weighted by Gasteiger charge is 2.38. The third kappa shape index (κ3) is 7.26. The van der Waals surface area contributed by atoms with Gasteiger partial charge in [0.1, 0.15) is 0 Å². The smallest absolute Gasteiger partial charge is 0.368 e. The number of nitrogen functional groups attached to an aromatic ring is 1. The summed E-state index contributed by atoms with van der Waals surface area (Å²) in [6.07, 6.45) is -1.61. The standard InChI is InChI=1S/C16H31N3O6P2/c1-10(2)22-26(20,23-11(3)4)14-9-15(19-16(17)18-14)27(21,24-12(5)6)25-13(7)8/h9-13H,1-8H3,(H2,17,18,19). The van der Waals surface area contributed by atoms with E-state index in [4.69, 9.17) is 23.8 Å². The minimum atomic E-state index is -3.84. The van der Waals surface area contributed by atoms with Crippen LogP contribution >= 0.6 is 15.2 Å². The predicted octanol–water partition coefficient (Wildman–Crippen LogP) is 3.40. The molecule has 0 spiro atoms. The van der Waals surface area contributed by atoms with E-state index >= 15 is 0 Å². The summed E-state index contributed by atoms with van der Waals surface area (Å²) < 4.78 is 48.8. The SMILES string of the molecule is CC(C)OP(=O)(OC(C)C)c1cc(P(=O)(OC(C)C)OC(C)C)nc(N)n1. The highest BCUT2D eigenvalue weighted by atomic mass is 31.2. The summed E-state index contributed by atoms with van der Waals surface area (Å²) in [5.74, 6) is -0.234. The molecular weight excluding hydrogens is 392 g/mol. The van der Waals surface area contributed by atoms with E-state index in [0.717, 1.165) is 0 Å². The average Bonchev–Trinajstić information content (AvgIpc) is 2.42. The zero-order valence-electron chi connectivity index (χ0n) is 17.2. The van der Waals surface area contributed by atoms with Crippen LogP contribution in [-0.2, 0) is 27.2 Å². The fraction of sp³-hybridized carbons (Fsp3) is 0.750. The normalized spacial score (nSPS) is 13.3. The molecule has 0 fully saturated rings. The lowest BCUT2D eigenvalue weighted by Crippen LogP contribution is -2.28. The van der Waals surface area contributed by atoms with Crippen molar-refractivity contribution in [2.45, 2.75) is 79.8 Å². The first-order valence-electron chi connectivity index (χ1n) is 8.86. The van der Waals surface area contributed by atoms with E-state index in [1.165, 1.54) is 6.07 Å².